The first kappa shape index (κ1) is 12.6. The molecule has 0 aromatic heterocycles. The molecule has 1 fully saturated rings. The Labute approximate surface area is 107 Å². The molecule has 0 radical (unpaired) electrons. The fourth-order valence-electron chi connectivity index (χ4n) is 2.27. The molecule has 0 bridgehead atoms. The Morgan fingerprint density at radius 1 is 1.44 bits per heavy atom. The van der Waals surface area contributed by atoms with E-state index in [1.54, 1.807) is 0 Å². The second-order valence-corrected chi connectivity index (χ2v) is 4.67. The standard InChI is InChI=1S/C14H18N2O2/c1-10(15-11(2)17)12-5-3-6-13(9-12)16-8-4-7-14(16)18/h3,5-6,9-10H,4,7-8H2,1-2H3,(H,15,17). The zero-order valence-corrected chi connectivity index (χ0v) is 10.8. The van der Waals surface area contributed by atoms with Crippen molar-refractivity contribution in [2.75, 3.05) is 11.4 Å². The zero-order valence-electron chi connectivity index (χ0n) is 10.8. The molecule has 1 N–H and O–H groups in total. The lowest BCUT2D eigenvalue weighted by Crippen LogP contribution is -2.25. The van der Waals surface area contributed by atoms with Crippen molar-refractivity contribution in [1.82, 2.24) is 5.32 Å². The Hall–Kier alpha value is -1.84. The van der Waals surface area contributed by atoms with Crippen LogP contribution in [-0.2, 0) is 9.59 Å². The molecule has 2 amide bonds. The summed E-state index contributed by atoms with van der Waals surface area (Å²) in [4.78, 5) is 24.5. The molecule has 0 saturated carbocycles. The van der Waals surface area contributed by atoms with Crippen LogP contribution in [0.25, 0.3) is 0 Å². The first-order valence-corrected chi connectivity index (χ1v) is 6.25. The first-order valence-electron chi connectivity index (χ1n) is 6.25. The quantitative estimate of drug-likeness (QED) is 0.887. The number of nitrogens with one attached hydrogen (secondary N) is 1. The minimum atomic E-state index is -0.0508. The number of amides is 2. The Kier molecular flexibility index (Phi) is 3.65. The van der Waals surface area contributed by atoms with Crippen molar-refractivity contribution < 1.29 is 9.59 Å². The molecule has 4 heteroatoms. The summed E-state index contributed by atoms with van der Waals surface area (Å²) in [6.07, 6.45) is 1.55. The summed E-state index contributed by atoms with van der Waals surface area (Å²) in [6.45, 7) is 4.23. The van der Waals surface area contributed by atoms with E-state index in [-0.39, 0.29) is 17.9 Å². The van der Waals surface area contributed by atoms with Crippen LogP contribution in [0, 0.1) is 0 Å². The maximum Gasteiger partial charge on any atom is 0.227 e. The number of rotatable bonds is 3. The van der Waals surface area contributed by atoms with Crippen LogP contribution in [0.5, 0.6) is 0 Å². The summed E-state index contributed by atoms with van der Waals surface area (Å²) in [5.74, 6) is 0.129. The van der Waals surface area contributed by atoms with Gasteiger partial charge in [0.1, 0.15) is 0 Å². The second-order valence-electron chi connectivity index (χ2n) is 4.67. The van der Waals surface area contributed by atoms with Gasteiger partial charge in [-0.05, 0) is 31.0 Å². The van der Waals surface area contributed by atoms with E-state index in [0.717, 1.165) is 24.2 Å². The largest absolute Gasteiger partial charge is 0.350 e. The summed E-state index contributed by atoms with van der Waals surface area (Å²) in [6, 6.07) is 7.76. The van der Waals surface area contributed by atoms with E-state index in [2.05, 4.69) is 5.32 Å². The molecule has 1 saturated heterocycles. The molecule has 1 aliphatic rings. The van der Waals surface area contributed by atoms with E-state index in [1.165, 1.54) is 6.92 Å². The molecular formula is C14H18N2O2. The molecule has 1 heterocycles. The van der Waals surface area contributed by atoms with Gasteiger partial charge in [0.2, 0.25) is 11.8 Å². The lowest BCUT2D eigenvalue weighted by atomic mass is 10.1. The number of carbonyl (C=O) groups is 2. The zero-order chi connectivity index (χ0) is 13.1. The van der Waals surface area contributed by atoms with Gasteiger partial charge in [0, 0.05) is 25.6 Å². The average molecular weight is 246 g/mol. The number of benzene rings is 1. The first-order chi connectivity index (χ1) is 8.58. The summed E-state index contributed by atoms with van der Waals surface area (Å²) in [7, 11) is 0. The molecule has 0 spiro atoms. The molecular weight excluding hydrogens is 228 g/mol. The SMILES string of the molecule is CC(=O)NC(C)c1cccc(N2CCCC2=O)c1. The van der Waals surface area contributed by atoms with Crippen LogP contribution >= 0.6 is 0 Å². The van der Waals surface area contributed by atoms with Gasteiger partial charge in [-0.2, -0.15) is 0 Å². The van der Waals surface area contributed by atoms with Crippen molar-refractivity contribution in [2.24, 2.45) is 0 Å². The van der Waals surface area contributed by atoms with E-state index in [0.29, 0.717) is 6.42 Å². The number of hydrogen-bond donors (Lipinski definition) is 1. The lowest BCUT2D eigenvalue weighted by Gasteiger charge is -2.19. The van der Waals surface area contributed by atoms with E-state index in [1.807, 2.05) is 36.1 Å². The highest BCUT2D eigenvalue weighted by Crippen LogP contribution is 2.24. The minimum absolute atomic E-state index is 0.0415. The molecule has 1 aliphatic heterocycles. The Morgan fingerprint density at radius 2 is 2.22 bits per heavy atom. The maximum absolute atomic E-state index is 11.7. The van der Waals surface area contributed by atoms with Gasteiger partial charge >= 0.3 is 0 Å². The molecule has 1 unspecified atom stereocenters. The van der Waals surface area contributed by atoms with Crippen molar-refractivity contribution in [3.63, 3.8) is 0 Å². The predicted molar refractivity (Wildman–Crippen MR) is 70.3 cm³/mol. The van der Waals surface area contributed by atoms with Crippen LogP contribution in [0.2, 0.25) is 0 Å². The van der Waals surface area contributed by atoms with Crippen molar-refractivity contribution in [1.29, 1.82) is 0 Å². The third kappa shape index (κ3) is 2.70. The maximum atomic E-state index is 11.7. The Morgan fingerprint density at radius 3 is 2.83 bits per heavy atom. The van der Waals surface area contributed by atoms with Gasteiger partial charge < -0.3 is 10.2 Å². The van der Waals surface area contributed by atoms with Gasteiger partial charge in [-0.3, -0.25) is 9.59 Å². The van der Waals surface area contributed by atoms with Crippen LogP contribution in [0.15, 0.2) is 24.3 Å². The van der Waals surface area contributed by atoms with E-state index < -0.39 is 0 Å². The summed E-state index contributed by atoms with van der Waals surface area (Å²) in [5, 5.41) is 2.85. The summed E-state index contributed by atoms with van der Waals surface area (Å²) < 4.78 is 0. The molecule has 0 aliphatic carbocycles. The van der Waals surface area contributed by atoms with Gasteiger partial charge in [0.05, 0.1) is 6.04 Å². The molecule has 2 rings (SSSR count). The van der Waals surface area contributed by atoms with Gasteiger partial charge in [0.25, 0.3) is 0 Å². The Bertz CT molecular complexity index is 471. The molecule has 1 atom stereocenters. The van der Waals surface area contributed by atoms with Gasteiger partial charge in [-0.1, -0.05) is 12.1 Å². The van der Waals surface area contributed by atoms with Crippen LogP contribution in [0.1, 0.15) is 38.3 Å². The average Bonchev–Trinajstić information content (AvgIpc) is 2.75. The van der Waals surface area contributed by atoms with Crippen LogP contribution in [0.3, 0.4) is 0 Å². The predicted octanol–water partition coefficient (Wildman–Crippen LogP) is 2.01. The van der Waals surface area contributed by atoms with E-state index in [9.17, 15) is 9.59 Å². The summed E-state index contributed by atoms with van der Waals surface area (Å²) >= 11 is 0. The monoisotopic (exact) mass is 246 g/mol. The van der Waals surface area contributed by atoms with Crippen molar-refractivity contribution in [3.05, 3.63) is 29.8 Å². The number of carbonyl (C=O) groups excluding carboxylic acids is 2. The van der Waals surface area contributed by atoms with Gasteiger partial charge in [-0.15, -0.1) is 0 Å². The third-order valence-corrected chi connectivity index (χ3v) is 3.18. The lowest BCUT2D eigenvalue weighted by molar-refractivity contribution is -0.119. The third-order valence-electron chi connectivity index (χ3n) is 3.18. The van der Waals surface area contributed by atoms with Crippen LogP contribution in [0.4, 0.5) is 5.69 Å². The smallest absolute Gasteiger partial charge is 0.227 e. The topological polar surface area (TPSA) is 49.4 Å². The summed E-state index contributed by atoms with van der Waals surface area (Å²) in [5.41, 5.74) is 1.94. The fraction of sp³-hybridized carbons (Fsp3) is 0.429. The molecule has 1 aromatic carbocycles. The number of anilines is 1. The highest BCUT2D eigenvalue weighted by Gasteiger charge is 2.22. The molecule has 1 aromatic rings. The minimum Gasteiger partial charge on any atom is -0.350 e. The van der Waals surface area contributed by atoms with E-state index in [4.69, 9.17) is 0 Å². The van der Waals surface area contributed by atoms with Crippen LogP contribution in [-0.4, -0.2) is 18.4 Å². The van der Waals surface area contributed by atoms with Gasteiger partial charge in [-0.25, -0.2) is 0 Å². The number of nitrogens with zero attached hydrogens (tertiary/aromatic N) is 1. The second kappa shape index (κ2) is 5.21. The van der Waals surface area contributed by atoms with Crippen LogP contribution < -0.4 is 10.2 Å². The molecule has 96 valence electrons. The number of hydrogen-bond acceptors (Lipinski definition) is 2. The fourth-order valence-corrected chi connectivity index (χ4v) is 2.27. The van der Waals surface area contributed by atoms with Crippen molar-refractivity contribution in [3.8, 4) is 0 Å². The normalized spacial score (nSPS) is 16.8. The Balaban J connectivity index is 2.19. The van der Waals surface area contributed by atoms with Crippen molar-refractivity contribution in [2.45, 2.75) is 32.7 Å². The highest BCUT2D eigenvalue weighted by molar-refractivity contribution is 5.95. The highest BCUT2D eigenvalue weighted by atomic mass is 16.2. The van der Waals surface area contributed by atoms with Gasteiger partial charge in [0.15, 0.2) is 0 Å². The molecule has 18 heavy (non-hydrogen) atoms. The van der Waals surface area contributed by atoms with E-state index >= 15 is 0 Å². The molecule has 4 nitrogen and oxygen atoms in total. The van der Waals surface area contributed by atoms with Crippen molar-refractivity contribution >= 4 is 17.5 Å².